The smallest absolute Gasteiger partial charge is 0.273 e. The molecule has 3 rings (SSSR count). The highest BCUT2D eigenvalue weighted by atomic mass is 19.1. The number of carbonyl (C=O) groups excluding carboxylic acids is 1. The number of hydrogen-bond donors (Lipinski definition) is 1. The van der Waals surface area contributed by atoms with Crippen LogP contribution in [0.25, 0.3) is 0 Å². The van der Waals surface area contributed by atoms with Crippen molar-refractivity contribution >= 4 is 5.91 Å². The average molecular weight is 327 g/mol. The van der Waals surface area contributed by atoms with Crippen LogP contribution < -0.4 is 10.1 Å². The summed E-state index contributed by atoms with van der Waals surface area (Å²) in [7, 11) is 0. The molecule has 7 heteroatoms. The number of halogens is 1. The molecule has 3 aromatic rings. The molecular formula is C17H14FN3O3. The lowest BCUT2D eigenvalue weighted by Gasteiger charge is -2.03. The fourth-order valence-electron chi connectivity index (χ4n) is 1.96. The summed E-state index contributed by atoms with van der Waals surface area (Å²) in [5.41, 5.74) is 1.03. The number of ether oxygens (including phenoxy) is 1. The largest absolute Gasteiger partial charge is 0.484 e. The van der Waals surface area contributed by atoms with Crippen molar-refractivity contribution in [2.75, 3.05) is 0 Å². The van der Waals surface area contributed by atoms with Crippen LogP contribution in [0.3, 0.4) is 0 Å². The molecule has 2 heterocycles. The Bertz CT molecular complexity index is 821. The van der Waals surface area contributed by atoms with E-state index in [1.807, 2.05) is 6.07 Å². The summed E-state index contributed by atoms with van der Waals surface area (Å²) < 4.78 is 23.6. The van der Waals surface area contributed by atoms with Gasteiger partial charge >= 0.3 is 0 Å². The fourth-order valence-corrected chi connectivity index (χ4v) is 1.96. The zero-order valence-corrected chi connectivity index (χ0v) is 12.6. The van der Waals surface area contributed by atoms with Crippen LogP contribution in [0.5, 0.6) is 5.75 Å². The van der Waals surface area contributed by atoms with Crippen molar-refractivity contribution < 1.29 is 18.3 Å². The van der Waals surface area contributed by atoms with Crippen LogP contribution in [-0.2, 0) is 13.2 Å². The molecule has 0 spiro atoms. The van der Waals surface area contributed by atoms with Gasteiger partial charge < -0.3 is 14.5 Å². The first-order valence-electron chi connectivity index (χ1n) is 7.20. The normalized spacial score (nSPS) is 10.4. The van der Waals surface area contributed by atoms with E-state index in [0.29, 0.717) is 12.3 Å². The molecule has 1 aromatic carbocycles. The summed E-state index contributed by atoms with van der Waals surface area (Å²) in [6.45, 7) is 0.341. The third-order valence-electron chi connectivity index (χ3n) is 3.12. The Hall–Kier alpha value is -3.22. The molecule has 0 atom stereocenters. The summed E-state index contributed by atoms with van der Waals surface area (Å²) >= 11 is 0. The lowest BCUT2D eigenvalue weighted by molar-refractivity contribution is 0.0946. The third kappa shape index (κ3) is 4.16. The molecule has 0 aliphatic rings. The molecular weight excluding hydrogens is 313 g/mol. The molecule has 0 radical (unpaired) electrons. The quantitative estimate of drug-likeness (QED) is 0.753. The molecule has 24 heavy (non-hydrogen) atoms. The molecule has 122 valence electrons. The number of rotatable bonds is 6. The molecule has 0 aliphatic carbocycles. The molecule has 6 nitrogen and oxygen atoms in total. The van der Waals surface area contributed by atoms with E-state index in [4.69, 9.17) is 9.15 Å². The van der Waals surface area contributed by atoms with Crippen LogP contribution in [0.2, 0.25) is 0 Å². The molecule has 1 amide bonds. The van der Waals surface area contributed by atoms with Crippen LogP contribution in [0.15, 0.2) is 59.5 Å². The second kappa shape index (κ2) is 7.36. The second-order valence-corrected chi connectivity index (χ2v) is 4.92. The molecule has 0 aliphatic heterocycles. The van der Waals surface area contributed by atoms with Crippen LogP contribution in [0, 0.1) is 5.82 Å². The van der Waals surface area contributed by atoms with Gasteiger partial charge in [0, 0.05) is 25.0 Å². The van der Waals surface area contributed by atoms with Crippen LogP contribution in [0.4, 0.5) is 4.39 Å². The van der Waals surface area contributed by atoms with Crippen molar-refractivity contribution in [1.29, 1.82) is 0 Å². The van der Waals surface area contributed by atoms with E-state index < -0.39 is 5.82 Å². The minimum absolute atomic E-state index is 0.000656. The Labute approximate surface area is 137 Å². The highest BCUT2D eigenvalue weighted by Crippen LogP contribution is 2.14. The van der Waals surface area contributed by atoms with Crippen LogP contribution in [-0.4, -0.2) is 15.9 Å². The van der Waals surface area contributed by atoms with Gasteiger partial charge in [-0.2, -0.15) is 0 Å². The molecule has 1 N–H and O–H groups in total. The number of amides is 1. The maximum absolute atomic E-state index is 13.1. The van der Waals surface area contributed by atoms with E-state index in [-0.39, 0.29) is 24.1 Å². The standard InChI is InChI=1S/C17H14FN3O3/c18-13-4-1-5-14(7-13)23-11-16-21-15(10-24-16)17(22)20-9-12-3-2-6-19-8-12/h1-8,10H,9,11H2,(H,20,22). The number of nitrogens with one attached hydrogen (secondary N) is 1. The first-order chi connectivity index (χ1) is 11.7. The fraction of sp³-hybridized carbons (Fsp3) is 0.118. The second-order valence-electron chi connectivity index (χ2n) is 4.92. The van der Waals surface area contributed by atoms with Gasteiger partial charge in [-0.1, -0.05) is 12.1 Å². The van der Waals surface area contributed by atoms with Crippen molar-refractivity contribution in [3.8, 4) is 5.75 Å². The van der Waals surface area contributed by atoms with Gasteiger partial charge in [-0.3, -0.25) is 9.78 Å². The zero-order chi connectivity index (χ0) is 16.8. The van der Waals surface area contributed by atoms with Gasteiger partial charge in [0.2, 0.25) is 5.89 Å². The van der Waals surface area contributed by atoms with Gasteiger partial charge in [-0.15, -0.1) is 0 Å². The zero-order valence-electron chi connectivity index (χ0n) is 12.6. The van der Waals surface area contributed by atoms with Crippen molar-refractivity contribution in [3.63, 3.8) is 0 Å². The minimum atomic E-state index is -0.393. The van der Waals surface area contributed by atoms with E-state index in [9.17, 15) is 9.18 Å². The number of nitrogens with zero attached hydrogens (tertiary/aromatic N) is 2. The van der Waals surface area contributed by atoms with Crippen molar-refractivity contribution in [1.82, 2.24) is 15.3 Å². The van der Waals surface area contributed by atoms with E-state index in [2.05, 4.69) is 15.3 Å². The molecule has 0 saturated carbocycles. The summed E-state index contributed by atoms with van der Waals surface area (Å²) in [5.74, 6) is -0.170. The number of carbonyl (C=O) groups is 1. The van der Waals surface area contributed by atoms with Crippen molar-refractivity contribution in [3.05, 3.63) is 78.0 Å². The minimum Gasteiger partial charge on any atom is -0.484 e. The van der Waals surface area contributed by atoms with E-state index in [0.717, 1.165) is 5.56 Å². The number of pyridine rings is 1. The summed E-state index contributed by atoms with van der Waals surface area (Å²) in [6.07, 6.45) is 4.58. The Balaban J connectivity index is 1.53. The summed E-state index contributed by atoms with van der Waals surface area (Å²) in [5, 5.41) is 2.72. The average Bonchev–Trinajstić information content (AvgIpc) is 3.08. The number of benzene rings is 1. The molecule has 2 aromatic heterocycles. The number of aromatic nitrogens is 2. The van der Waals surface area contributed by atoms with Gasteiger partial charge in [-0.25, -0.2) is 9.37 Å². The van der Waals surface area contributed by atoms with E-state index in [1.54, 1.807) is 24.5 Å². The first kappa shape index (κ1) is 15.7. The van der Waals surface area contributed by atoms with Crippen molar-refractivity contribution in [2.45, 2.75) is 13.2 Å². The highest BCUT2D eigenvalue weighted by molar-refractivity contribution is 5.91. The molecule has 0 bridgehead atoms. The molecule has 0 unspecified atom stereocenters. The van der Waals surface area contributed by atoms with Crippen molar-refractivity contribution in [2.24, 2.45) is 0 Å². The lowest BCUT2D eigenvalue weighted by Crippen LogP contribution is -2.23. The van der Waals surface area contributed by atoms with Crippen LogP contribution >= 0.6 is 0 Å². The lowest BCUT2D eigenvalue weighted by atomic mass is 10.3. The van der Waals surface area contributed by atoms with Gasteiger partial charge in [-0.05, 0) is 23.8 Å². The topological polar surface area (TPSA) is 77.2 Å². The van der Waals surface area contributed by atoms with Gasteiger partial charge in [0.05, 0.1) is 0 Å². The van der Waals surface area contributed by atoms with Crippen LogP contribution in [0.1, 0.15) is 21.9 Å². The Kier molecular flexibility index (Phi) is 4.81. The summed E-state index contributed by atoms with van der Waals surface area (Å²) in [4.78, 5) is 20.0. The summed E-state index contributed by atoms with van der Waals surface area (Å²) in [6, 6.07) is 9.38. The monoisotopic (exact) mass is 327 g/mol. The van der Waals surface area contributed by atoms with E-state index in [1.165, 1.54) is 24.5 Å². The highest BCUT2D eigenvalue weighted by Gasteiger charge is 2.12. The maximum atomic E-state index is 13.1. The molecule has 0 saturated heterocycles. The predicted molar refractivity (Wildman–Crippen MR) is 82.6 cm³/mol. The SMILES string of the molecule is O=C(NCc1cccnc1)c1coc(COc2cccc(F)c2)n1. The van der Waals surface area contributed by atoms with E-state index >= 15 is 0 Å². The first-order valence-corrected chi connectivity index (χ1v) is 7.20. The molecule has 0 fully saturated rings. The Morgan fingerprint density at radius 3 is 3.00 bits per heavy atom. The van der Waals surface area contributed by atoms with Gasteiger partial charge in [0.1, 0.15) is 17.8 Å². The number of hydrogen-bond acceptors (Lipinski definition) is 5. The maximum Gasteiger partial charge on any atom is 0.273 e. The third-order valence-corrected chi connectivity index (χ3v) is 3.12. The number of oxazole rings is 1. The Morgan fingerprint density at radius 1 is 1.29 bits per heavy atom. The van der Waals surface area contributed by atoms with Gasteiger partial charge in [0.15, 0.2) is 12.3 Å². The van der Waals surface area contributed by atoms with Gasteiger partial charge in [0.25, 0.3) is 5.91 Å². The Morgan fingerprint density at radius 2 is 2.21 bits per heavy atom. The predicted octanol–water partition coefficient (Wildman–Crippen LogP) is 2.72.